The number of allylic oxidation sites excluding steroid dienone is 2. The van der Waals surface area contributed by atoms with Gasteiger partial charge in [-0.05, 0) is 38.7 Å². The summed E-state index contributed by atoms with van der Waals surface area (Å²) in [6.45, 7) is 5.75. The highest BCUT2D eigenvalue weighted by atomic mass is 35.6. The number of cyclic esters (lactones) is 1. The van der Waals surface area contributed by atoms with E-state index in [0.717, 1.165) is 11.1 Å². The van der Waals surface area contributed by atoms with Crippen LogP contribution in [0.1, 0.15) is 60.2 Å². The Kier molecular flexibility index (Phi) is 8.85. The molecule has 1 N–H and O–H groups in total. The summed E-state index contributed by atoms with van der Waals surface area (Å²) in [6, 6.07) is 0. The van der Waals surface area contributed by atoms with E-state index < -0.39 is 21.6 Å². The van der Waals surface area contributed by atoms with Gasteiger partial charge in [0.2, 0.25) is 0 Å². The summed E-state index contributed by atoms with van der Waals surface area (Å²) >= 11 is 17.8. The van der Waals surface area contributed by atoms with Crippen LogP contribution in [0.3, 0.4) is 0 Å². The molecule has 1 amide bonds. The number of benzene rings is 1. The van der Waals surface area contributed by atoms with Crippen LogP contribution in [0.15, 0.2) is 11.6 Å². The number of alkyl halides is 3. The number of hydrogen-bond acceptors (Lipinski definition) is 5. The summed E-state index contributed by atoms with van der Waals surface area (Å²) in [6.07, 6.45) is 3.03. The van der Waals surface area contributed by atoms with Crippen LogP contribution in [0, 0.1) is 6.92 Å². The Morgan fingerprint density at radius 2 is 1.94 bits per heavy atom. The summed E-state index contributed by atoms with van der Waals surface area (Å²) in [4.78, 5) is 38.0. The third-order valence-electron chi connectivity index (χ3n) is 5.24. The van der Waals surface area contributed by atoms with Crippen LogP contribution in [0.4, 0.5) is 5.69 Å². The Balaban J connectivity index is 2.75. The second kappa shape index (κ2) is 10.8. The van der Waals surface area contributed by atoms with Gasteiger partial charge in [-0.1, -0.05) is 53.4 Å². The number of fused-ring (bicyclic) bond motifs is 1. The molecule has 0 saturated carbocycles. The van der Waals surface area contributed by atoms with Crippen LogP contribution in [0.25, 0.3) is 0 Å². The molecule has 0 atom stereocenters. The first-order valence-electron chi connectivity index (χ1n) is 10.1. The first kappa shape index (κ1) is 26.3. The molecule has 7 nitrogen and oxygen atoms in total. The average Bonchev–Trinajstić information content (AvgIpc) is 3.10. The van der Waals surface area contributed by atoms with Crippen molar-refractivity contribution in [2.75, 3.05) is 18.6 Å². The maximum atomic E-state index is 13.1. The van der Waals surface area contributed by atoms with Gasteiger partial charge in [0.1, 0.15) is 12.4 Å². The van der Waals surface area contributed by atoms with Gasteiger partial charge in [-0.2, -0.15) is 0 Å². The topological polar surface area (TPSA) is 93.1 Å². The molecule has 1 heterocycles. The third kappa shape index (κ3) is 5.69. The molecule has 0 aromatic heterocycles. The summed E-state index contributed by atoms with van der Waals surface area (Å²) in [5.41, 5.74) is 3.30. The fourth-order valence-corrected chi connectivity index (χ4v) is 4.01. The molecular weight excluding hydrogens is 481 g/mol. The van der Waals surface area contributed by atoms with Gasteiger partial charge in [-0.15, -0.1) is 0 Å². The van der Waals surface area contributed by atoms with Gasteiger partial charge in [0.05, 0.1) is 18.4 Å². The lowest BCUT2D eigenvalue weighted by molar-refractivity contribution is -0.137. The zero-order valence-electron chi connectivity index (χ0n) is 18.4. The SMILES string of the molecule is CCCN(C(=O)C(Cl)(Cl)Cl)c1c(C/C=C(\C)CCC(=O)O)c(OC)c(C)c2c1C(=O)OC2. The van der Waals surface area contributed by atoms with E-state index in [0.29, 0.717) is 35.4 Å². The monoisotopic (exact) mass is 505 g/mol. The molecule has 0 bridgehead atoms. The minimum absolute atomic E-state index is 0.00439. The summed E-state index contributed by atoms with van der Waals surface area (Å²) in [7, 11) is 1.50. The van der Waals surface area contributed by atoms with Crippen molar-refractivity contribution >= 4 is 58.3 Å². The number of carbonyl (C=O) groups excluding carboxylic acids is 2. The van der Waals surface area contributed by atoms with Gasteiger partial charge in [-0.25, -0.2) is 4.79 Å². The highest BCUT2D eigenvalue weighted by Crippen LogP contribution is 2.44. The molecule has 0 fully saturated rings. The Hall–Kier alpha value is -1.96. The van der Waals surface area contributed by atoms with Crippen LogP contribution in [0.2, 0.25) is 0 Å². The first-order valence-corrected chi connectivity index (χ1v) is 11.2. The average molecular weight is 507 g/mol. The Labute approximate surface area is 202 Å². The second-order valence-electron chi connectivity index (χ2n) is 7.52. The molecule has 2 rings (SSSR count). The Morgan fingerprint density at radius 3 is 2.47 bits per heavy atom. The molecule has 10 heteroatoms. The number of nitrogens with zero attached hydrogens (tertiary/aromatic N) is 1. The number of aliphatic carboxylic acids is 1. The van der Waals surface area contributed by atoms with E-state index in [1.54, 1.807) is 0 Å². The number of carboxylic acid groups (broad SMARTS) is 1. The number of carbonyl (C=O) groups is 3. The predicted molar refractivity (Wildman–Crippen MR) is 124 cm³/mol. The van der Waals surface area contributed by atoms with Crippen LogP contribution in [-0.2, 0) is 27.4 Å². The van der Waals surface area contributed by atoms with Gasteiger partial charge in [0.25, 0.3) is 9.70 Å². The number of methoxy groups -OCH3 is 1. The number of carboxylic acids is 1. The number of esters is 1. The first-order chi connectivity index (χ1) is 14.9. The predicted octanol–water partition coefficient (Wildman–Crippen LogP) is 5.14. The van der Waals surface area contributed by atoms with Crippen LogP contribution >= 0.6 is 34.8 Å². The van der Waals surface area contributed by atoms with Crippen molar-refractivity contribution in [1.82, 2.24) is 0 Å². The zero-order chi connectivity index (χ0) is 24.2. The zero-order valence-corrected chi connectivity index (χ0v) is 20.7. The fourth-order valence-electron chi connectivity index (χ4n) is 3.70. The van der Waals surface area contributed by atoms with Gasteiger partial charge < -0.3 is 19.5 Å². The van der Waals surface area contributed by atoms with E-state index in [9.17, 15) is 14.4 Å². The lowest BCUT2D eigenvalue weighted by Crippen LogP contribution is -2.41. The van der Waals surface area contributed by atoms with Crippen molar-refractivity contribution in [2.45, 2.75) is 56.9 Å². The molecule has 0 aliphatic carbocycles. The quantitative estimate of drug-likeness (QED) is 0.283. The number of ether oxygens (including phenoxy) is 2. The highest BCUT2D eigenvalue weighted by Gasteiger charge is 2.41. The molecule has 176 valence electrons. The van der Waals surface area contributed by atoms with Gasteiger partial charge in [0.15, 0.2) is 0 Å². The molecule has 32 heavy (non-hydrogen) atoms. The number of amides is 1. The largest absolute Gasteiger partial charge is 0.496 e. The lowest BCUT2D eigenvalue weighted by atomic mass is 9.92. The minimum atomic E-state index is -2.23. The molecule has 0 unspecified atom stereocenters. The number of anilines is 1. The van der Waals surface area contributed by atoms with E-state index in [2.05, 4.69) is 0 Å². The Morgan fingerprint density at radius 1 is 1.28 bits per heavy atom. The maximum absolute atomic E-state index is 13.1. The molecule has 1 aliphatic rings. The molecule has 0 radical (unpaired) electrons. The molecule has 1 aliphatic heterocycles. The minimum Gasteiger partial charge on any atom is -0.496 e. The molecule has 0 saturated heterocycles. The van der Waals surface area contributed by atoms with Crippen molar-refractivity contribution in [3.63, 3.8) is 0 Å². The van der Waals surface area contributed by atoms with Crippen molar-refractivity contribution < 1.29 is 29.0 Å². The van der Waals surface area contributed by atoms with Gasteiger partial charge in [-0.3, -0.25) is 9.59 Å². The van der Waals surface area contributed by atoms with E-state index in [4.69, 9.17) is 49.4 Å². The van der Waals surface area contributed by atoms with Crippen molar-refractivity contribution in [3.05, 3.63) is 33.9 Å². The fraction of sp³-hybridized carbons (Fsp3) is 0.500. The number of halogens is 3. The second-order valence-corrected chi connectivity index (χ2v) is 9.80. The van der Waals surface area contributed by atoms with Crippen molar-refractivity contribution in [3.8, 4) is 5.75 Å². The molecule has 0 spiro atoms. The van der Waals surface area contributed by atoms with Crippen LogP contribution in [0.5, 0.6) is 5.75 Å². The Bertz CT molecular complexity index is 952. The van der Waals surface area contributed by atoms with Crippen molar-refractivity contribution in [1.29, 1.82) is 0 Å². The molecule has 1 aromatic rings. The molecule has 1 aromatic carbocycles. The lowest BCUT2D eigenvalue weighted by Gasteiger charge is -2.30. The summed E-state index contributed by atoms with van der Waals surface area (Å²) in [5, 5.41) is 8.93. The number of rotatable bonds is 9. The smallest absolute Gasteiger partial charge is 0.341 e. The van der Waals surface area contributed by atoms with E-state index in [1.807, 2.05) is 26.8 Å². The third-order valence-corrected chi connectivity index (χ3v) is 5.73. The highest BCUT2D eigenvalue weighted by molar-refractivity contribution is 6.77. The van der Waals surface area contributed by atoms with Crippen molar-refractivity contribution in [2.24, 2.45) is 0 Å². The summed E-state index contributed by atoms with van der Waals surface area (Å²) < 4.78 is 8.72. The maximum Gasteiger partial charge on any atom is 0.341 e. The van der Waals surface area contributed by atoms with Gasteiger partial charge >= 0.3 is 11.9 Å². The standard InChI is InChI=1S/C22H26Cl3NO6/c1-5-10-26(21(30)22(23,24)25)18-14(8-6-12(2)7-9-16(27)28)19(31-4)13(3)15-11-32-20(29)17(15)18/h6H,5,7-11H2,1-4H3,(H,27,28)/b12-6+. The van der Waals surface area contributed by atoms with Crippen LogP contribution < -0.4 is 9.64 Å². The normalized spacial score (nSPS) is 13.6. The van der Waals surface area contributed by atoms with E-state index in [1.165, 1.54) is 12.0 Å². The number of hydrogen-bond donors (Lipinski definition) is 1. The van der Waals surface area contributed by atoms with Crippen LogP contribution in [-0.4, -0.2) is 40.4 Å². The summed E-state index contributed by atoms with van der Waals surface area (Å²) in [5.74, 6) is -1.75. The molecular formula is C22H26Cl3NO6. The van der Waals surface area contributed by atoms with E-state index in [-0.39, 0.29) is 31.6 Å². The van der Waals surface area contributed by atoms with Gasteiger partial charge in [0, 0.05) is 24.1 Å². The van der Waals surface area contributed by atoms with E-state index >= 15 is 0 Å².